The van der Waals surface area contributed by atoms with Gasteiger partial charge in [-0.2, -0.15) is 0 Å². The van der Waals surface area contributed by atoms with Crippen LogP contribution in [0.2, 0.25) is 5.02 Å². The van der Waals surface area contributed by atoms with Crippen molar-refractivity contribution in [2.75, 3.05) is 0 Å². The van der Waals surface area contributed by atoms with Gasteiger partial charge in [0, 0.05) is 23.5 Å². The number of hydrogen-bond acceptors (Lipinski definition) is 3. The van der Waals surface area contributed by atoms with Gasteiger partial charge in [0.1, 0.15) is 5.82 Å². The van der Waals surface area contributed by atoms with Gasteiger partial charge in [-0.05, 0) is 42.5 Å². The average Bonchev–Trinajstić information content (AvgIpc) is 3.01. The minimum atomic E-state index is -0.459. The molecule has 3 heterocycles. The van der Waals surface area contributed by atoms with E-state index in [1.54, 1.807) is 22.8 Å². The van der Waals surface area contributed by atoms with Crippen molar-refractivity contribution < 1.29 is 4.39 Å². The molecule has 3 aromatic heterocycles. The summed E-state index contributed by atoms with van der Waals surface area (Å²) in [5.74, 6) is 0.0958. The molecule has 4 rings (SSSR count). The maximum absolute atomic E-state index is 13.4. The molecular weight excluding hydrogens is 315 g/mol. The number of aromatic nitrogens is 4. The van der Waals surface area contributed by atoms with Gasteiger partial charge in [-0.1, -0.05) is 17.7 Å². The lowest BCUT2D eigenvalue weighted by Gasteiger charge is -2.06. The average molecular weight is 325 g/mol. The first-order chi connectivity index (χ1) is 11.2. The summed E-state index contributed by atoms with van der Waals surface area (Å²) in [6, 6.07) is 13.9. The lowest BCUT2D eigenvalue weighted by Crippen LogP contribution is -1.92. The van der Waals surface area contributed by atoms with E-state index in [0.717, 1.165) is 11.2 Å². The number of fused-ring (bicyclic) bond motifs is 1. The molecule has 23 heavy (non-hydrogen) atoms. The van der Waals surface area contributed by atoms with Crippen LogP contribution in [0.1, 0.15) is 0 Å². The molecule has 0 amide bonds. The van der Waals surface area contributed by atoms with E-state index in [1.807, 2.05) is 36.5 Å². The highest BCUT2D eigenvalue weighted by Crippen LogP contribution is 2.30. The van der Waals surface area contributed by atoms with E-state index in [2.05, 4.69) is 15.1 Å². The zero-order valence-electron chi connectivity index (χ0n) is 11.8. The minimum Gasteiger partial charge on any atom is -0.255 e. The summed E-state index contributed by atoms with van der Waals surface area (Å²) in [4.78, 5) is 8.91. The Bertz CT molecular complexity index is 979. The zero-order valence-corrected chi connectivity index (χ0v) is 12.6. The van der Waals surface area contributed by atoms with Crippen LogP contribution in [0.5, 0.6) is 0 Å². The molecule has 0 spiro atoms. The van der Waals surface area contributed by atoms with Crippen molar-refractivity contribution in [3.63, 3.8) is 0 Å². The Morgan fingerprint density at radius 3 is 2.78 bits per heavy atom. The van der Waals surface area contributed by atoms with Crippen LogP contribution in [0, 0.1) is 5.82 Å². The number of hydrogen-bond donors (Lipinski definition) is 0. The Morgan fingerprint density at radius 2 is 1.96 bits per heavy atom. The van der Waals surface area contributed by atoms with Gasteiger partial charge >= 0.3 is 0 Å². The number of pyridine rings is 2. The number of benzene rings is 1. The summed E-state index contributed by atoms with van der Waals surface area (Å²) in [6.07, 6.45) is 3.50. The molecule has 0 atom stereocenters. The summed E-state index contributed by atoms with van der Waals surface area (Å²) < 4.78 is 15.1. The predicted molar refractivity (Wildman–Crippen MR) is 86.6 cm³/mol. The molecule has 0 bridgehead atoms. The summed E-state index contributed by atoms with van der Waals surface area (Å²) in [5, 5.41) is 4.53. The number of rotatable bonds is 2. The SMILES string of the molecule is Fc1ccc(-c2ncccc2-c2nc3ccccn3n2)cc1Cl. The third-order valence-electron chi connectivity index (χ3n) is 3.48. The lowest BCUT2D eigenvalue weighted by atomic mass is 10.1. The second-order valence-corrected chi connectivity index (χ2v) is 5.37. The monoisotopic (exact) mass is 324 g/mol. The fraction of sp³-hybridized carbons (Fsp3) is 0. The predicted octanol–water partition coefficient (Wildman–Crippen LogP) is 4.25. The van der Waals surface area contributed by atoms with E-state index < -0.39 is 5.82 Å². The Labute approximate surface area is 136 Å². The molecule has 0 fully saturated rings. The molecule has 0 radical (unpaired) electrons. The van der Waals surface area contributed by atoms with Gasteiger partial charge in [-0.15, -0.1) is 5.10 Å². The highest BCUT2D eigenvalue weighted by Gasteiger charge is 2.14. The molecule has 0 unspecified atom stereocenters. The third kappa shape index (κ3) is 2.45. The standard InChI is InChI=1S/C17H10ClFN4/c18-13-10-11(6-7-14(13)19)16-12(4-3-8-20-16)17-21-15-5-1-2-9-23(15)22-17/h1-10H. The van der Waals surface area contributed by atoms with E-state index in [1.165, 1.54) is 6.07 Å². The van der Waals surface area contributed by atoms with Crippen LogP contribution in [0.25, 0.3) is 28.3 Å². The van der Waals surface area contributed by atoms with Gasteiger partial charge in [-0.3, -0.25) is 4.98 Å². The molecule has 4 aromatic rings. The second kappa shape index (κ2) is 5.44. The topological polar surface area (TPSA) is 43.1 Å². The lowest BCUT2D eigenvalue weighted by molar-refractivity contribution is 0.628. The van der Waals surface area contributed by atoms with Gasteiger partial charge in [-0.25, -0.2) is 13.9 Å². The summed E-state index contributed by atoms with van der Waals surface area (Å²) in [6.45, 7) is 0. The first-order valence-corrected chi connectivity index (χ1v) is 7.32. The molecular formula is C17H10ClFN4. The molecule has 0 aliphatic carbocycles. The fourth-order valence-corrected chi connectivity index (χ4v) is 2.59. The van der Waals surface area contributed by atoms with Crippen molar-refractivity contribution in [3.05, 3.63) is 71.8 Å². The van der Waals surface area contributed by atoms with E-state index in [0.29, 0.717) is 17.1 Å². The summed E-state index contributed by atoms with van der Waals surface area (Å²) in [5.41, 5.74) is 2.88. The van der Waals surface area contributed by atoms with Crippen molar-refractivity contribution in [2.45, 2.75) is 0 Å². The van der Waals surface area contributed by atoms with E-state index in [4.69, 9.17) is 11.6 Å². The Hall–Kier alpha value is -2.79. The molecule has 1 aromatic carbocycles. The van der Waals surface area contributed by atoms with Crippen LogP contribution in [-0.4, -0.2) is 19.6 Å². The zero-order chi connectivity index (χ0) is 15.8. The van der Waals surface area contributed by atoms with Gasteiger partial charge in [0.2, 0.25) is 0 Å². The van der Waals surface area contributed by atoms with Gasteiger partial charge in [0.05, 0.1) is 10.7 Å². The van der Waals surface area contributed by atoms with Crippen molar-refractivity contribution >= 4 is 17.2 Å². The Morgan fingerprint density at radius 1 is 1.04 bits per heavy atom. The molecule has 0 N–H and O–H groups in total. The Kier molecular flexibility index (Phi) is 3.28. The fourth-order valence-electron chi connectivity index (χ4n) is 2.40. The molecule has 112 valence electrons. The molecule has 0 saturated heterocycles. The highest BCUT2D eigenvalue weighted by atomic mass is 35.5. The third-order valence-corrected chi connectivity index (χ3v) is 3.77. The van der Waals surface area contributed by atoms with Crippen molar-refractivity contribution in [1.29, 1.82) is 0 Å². The first kappa shape index (κ1) is 13.8. The van der Waals surface area contributed by atoms with Gasteiger partial charge in [0.25, 0.3) is 0 Å². The molecule has 0 aliphatic rings. The molecule has 0 saturated carbocycles. The van der Waals surface area contributed by atoms with Gasteiger partial charge in [0.15, 0.2) is 11.5 Å². The molecule has 6 heteroatoms. The maximum atomic E-state index is 13.4. The largest absolute Gasteiger partial charge is 0.255 e. The maximum Gasteiger partial charge on any atom is 0.184 e. The van der Waals surface area contributed by atoms with Gasteiger partial charge < -0.3 is 0 Å². The van der Waals surface area contributed by atoms with Crippen LogP contribution in [0.3, 0.4) is 0 Å². The first-order valence-electron chi connectivity index (χ1n) is 6.94. The number of nitrogens with zero attached hydrogens (tertiary/aromatic N) is 4. The molecule has 0 aliphatic heterocycles. The van der Waals surface area contributed by atoms with Crippen molar-refractivity contribution in [3.8, 4) is 22.6 Å². The normalized spacial score (nSPS) is 11.0. The quantitative estimate of drug-likeness (QED) is 0.553. The summed E-state index contributed by atoms with van der Waals surface area (Å²) >= 11 is 5.89. The highest BCUT2D eigenvalue weighted by molar-refractivity contribution is 6.31. The number of halogens is 2. The summed E-state index contributed by atoms with van der Waals surface area (Å²) in [7, 11) is 0. The van der Waals surface area contributed by atoms with E-state index >= 15 is 0 Å². The van der Waals surface area contributed by atoms with E-state index in [9.17, 15) is 4.39 Å². The van der Waals surface area contributed by atoms with Crippen molar-refractivity contribution in [1.82, 2.24) is 19.6 Å². The molecule has 4 nitrogen and oxygen atoms in total. The van der Waals surface area contributed by atoms with E-state index in [-0.39, 0.29) is 5.02 Å². The van der Waals surface area contributed by atoms with Crippen LogP contribution >= 0.6 is 11.6 Å². The van der Waals surface area contributed by atoms with Crippen molar-refractivity contribution in [2.24, 2.45) is 0 Å². The van der Waals surface area contributed by atoms with Crippen LogP contribution in [-0.2, 0) is 0 Å². The minimum absolute atomic E-state index is 0.0575. The van der Waals surface area contributed by atoms with Crippen LogP contribution in [0.15, 0.2) is 60.9 Å². The smallest absolute Gasteiger partial charge is 0.184 e. The second-order valence-electron chi connectivity index (χ2n) is 4.97. The Balaban J connectivity index is 1.91. The van der Waals surface area contributed by atoms with Crippen LogP contribution < -0.4 is 0 Å². The van der Waals surface area contributed by atoms with Crippen LogP contribution in [0.4, 0.5) is 4.39 Å².